The summed E-state index contributed by atoms with van der Waals surface area (Å²) in [5.74, 6) is 0.984. The summed E-state index contributed by atoms with van der Waals surface area (Å²) in [5, 5.41) is 7.20. The molecule has 6 nitrogen and oxygen atoms in total. The summed E-state index contributed by atoms with van der Waals surface area (Å²) in [4.78, 5) is 7.83. The van der Waals surface area contributed by atoms with Crippen molar-refractivity contribution in [3.8, 4) is 0 Å². The minimum atomic E-state index is 0.270. The topological polar surface area (TPSA) is 81.7 Å². The van der Waals surface area contributed by atoms with Crippen molar-refractivity contribution in [3.05, 3.63) is 30.2 Å². The standard InChI is InChI=1S/C9H12N6/c1-15-6-7(5-13-15)4-12-8-2-3-11-9(10)14-8/h2-3,5-6H,4H2,1H3,(H3,10,11,12,14). The third-order valence-corrected chi connectivity index (χ3v) is 1.91. The first kappa shape index (κ1) is 9.45. The number of hydrogen-bond donors (Lipinski definition) is 2. The third kappa shape index (κ3) is 2.43. The zero-order chi connectivity index (χ0) is 10.7. The summed E-state index contributed by atoms with van der Waals surface area (Å²) < 4.78 is 1.76. The molecule has 6 heteroatoms. The second kappa shape index (κ2) is 3.95. The van der Waals surface area contributed by atoms with E-state index < -0.39 is 0 Å². The SMILES string of the molecule is Cn1cc(CNc2ccnc(N)n2)cn1. The summed E-state index contributed by atoms with van der Waals surface area (Å²) in [7, 11) is 1.88. The zero-order valence-corrected chi connectivity index (χ0v) is 8.38. The zero-order valence-electron chi connectivity index (χ0n) is 8.38. The van der Waals surface area contributed by atoms with Gasteiger partial charge in [0, 0.05) is 31.5 Å². The molecule has 0 aromatic carbocycles. The van der Waals surface area contributed by atoms with Gasteiger partial charge in [-0.05, 0) is 6.07 Å². The Bertz CT molecular complexity index is 449. The maximum atomic E-state index is 5.45. The van der Waals surface area contributed by atoms with Crippen LogP contribution in [0.5, 0.6) is 0 Å². The third-order valence-electron chi connectivity index (χ3n) is 1.91. The van der Waals surface area contributed by atoms with E-state index in [2.05, 4.69) is 20.4 Å². The van der Waals surface area contributed by atoms with Gasteiger partial charge in [0.1, 0.15) is 5.82 Å². The predicted octanol–water partition coefficient (Wildman–Crippen LogP) is 0.404. The van der Waals surface area contributed by atoms with Crippen molar-refractivity contribution >= 4 is 11.8 Å². The second-order valence-corrected chi connectivity index (χ2v) is 3.18. The Hall–Kier alpha value is -2.11. The van der Waals surface area contributed by atoms with E-state index in [1.807, 2.05) is 13.2 Å². The van der Waals surface area contributed by atoms with Crippen LogP contribution in [0.3, 0.4) is 0 Å². The van der Waals surface area contributed by atoms with Crippen LogP contribution in [0.4, 0.5) is 11.8 Å². The van der Waals surface area contributed by atoms with Crippen LogP contribution in [0.2, 0.25) is 0 Å². The van der Waals surface area contributed by atoms with E-state index in [4.69, 9.17) is 5.73 Å². The predicted molar refractivity (Wildman–Crippen MR) is 57.0 cm³/mol. The van der Waals surface area contributed by atoms with Crippen LogP contribution in [-0.4, -0.2) is 19.7 Å². The Balaban J connectivity index is 1.99. The quantitative estimate of drug-likeness (QED) is 0.756. The normalized spacial score (nSPS) is 10.2. The fraction of sp³-hybridized carbons (Fsp3) is 0.222. The molecular weight excluding hydrogens is 192 g/mol. The summed E-state index contributed by atoms with van der Waals surface area (Å²) in [6, 6.07) is 1.77. The summed E-state index contributed by atoms with van der Waals surface area (Å²) >= 11 is 0. The van der Waals surface area contributed by atoms with Crippen LogP contribution in [0.15, 0.2) is 24.7 Å². The highest BCUT2D eigenvalue weighted by Crippen LogP contribution is 2.05. The molecule has 0 fully saturated rings. The van der Waals surface area contributed by atoms with Gasteiger partial charge in [0.05, 0.1) is 6.20 Å². The molecule has 0 aliphatic rings. The Morgan fingerprint density at radius 1 is 1.53 bits per heavy atom. The molecule has 0 saturated heterocycles. The van der Waals surface area contributed by atoms with Gasteiger partial charge in [-0.15, -0.1) is 0 Å². The molecule has 2 heterocycles. The lowest BCUT2D eigenvalue weighted by Crippen LogP contribution is -2.03. The molecule has 3 N–H and O–H groups in total. The van der Waals surface area contributed by atoms with Crippen LogP contribution in [-0.2, 0) is 13.6 Å². The molecule has 2 aromatic rings. The van der Waals surface area contributed by atoms with Crippen LogP contribution in [0.25, 0.3) is 0 Å². The Labute approximate surface area is 87.2 Å². The van der Waals surface area contributed by atoms with Crippen molar-refractivity contribution in [1.29, 1.82) is 0 Å². The number of hydrogen-bond acceptors (Lipinski definition) is 5. The lowest BCUT2D eigenvalue weighted by Gasteiger charge is -2.03. The Morgan fingerprint density at radius 2 is 2.40 bits per heavy atom. The van der Waals surface area contributed by atoms with Gasteiger partial charge in [-0.2, -0.15) is 10.1 Å². The van der Waals surface area contributed by atoms with Gasteiger partial charge in [0.15, 0.2) is 0 Å². The van der Waals surface area contributed by atoms with Crippen molar-refractivity contribution in [2.75, 3.05) is 11.1 Å². The number of nitrogens with zero attached hydrogens (tertiary/aromatic N) is 4. The summed E-state index contributed by atoms with van der Waals surface area (Å²) in [5.41, 5.74) is 6.55. The van der Waals surface area contributed by atoms with Gasteiger partial charge in [-0.3, -0.25) is 4.68 Å². The van der Waals surface area contributed by atoms with Crippen molar-refractivity contribution in [2.45, 2.75) is 6.54 Å². The number of aryl methyl sites for hydroxylation is 1. The molecule has 2 rings (SSSR count). The smallest absolute Gasteiger partial charge is 0.221 e. The van der Waals surface area contributed by atoms with E-state index in [1.165, 1.54) is 0 Å². The molecule has 0 aliphatic heterocycles. The van der Waals surface area contributed by atoms with Crippen LogP contribution in [0, 0.1) is 0 Å². The van der Waals surface area contributed by atoms with E-state index in [9.17, 15) is 0 Å². The van der Waals surface area contributed by atoms with Crippen LogP contribution in [0.1, 0.15) is 5.56 Å². The molecule has 0 saturated carbocycles. The van der Waals surface area contributed by atoms with Gasteiger partial charge >= 0.3 is 0 Å². The molecule has 15 heavy (non-hydrogen) atoms. The number of aromatic nitrogens is 4. The summed E-state index contributed by atoms with van der Waals surface area (Å²) in [6.45, 7) is 0.671. The van der Waals surface area contributed by atoms with Gasteiger partial charge < -0.3 is 11.1 Å². The van der Waals surface area contributed by atoms with E-state index in [0.717, 1.165) is 5.56 Å². The molecule has 2 aromatic heterocycles. The van der Waals surface area contributed by atoms with Crippen LogP contribution >= 0.6 is 0 Å². The Kier molecular flexibility index (Phi) is 2.49. The van der Waals surface area contributed by atoms with Crippen LogP contribution < -0.4 is 11.1 Å². The summed E-state index contributed by atoms with van der Waals surface area (Å²) in [6.07, 6.45) is 5.36. The second-order valence-electron chi connectivity index (χ2n) is 3.18. The number of anilines is 2. The highest BCUT2D eigenvalue weighted by atomic mass is 15.2. The molecule has 0 spiro atoms. The highest BCUT2D eigenvalue weighted by Gasteiger charge is 1.97. The van der Waals surface area contributed by atoms with Crippen molar-refractivity contribution in [2.24, 2.45) is 7.05 Å². The van der Waals surface area contributed by atoms with Crippen molar-refractivity contribution < 1.29 is 0 Å². The number of nitrogens with two attached hydrogens (primary N) is 1. The fourth-order valence-electron chi connectivity index (χ4n) is 1.23. The number of rotatable bonds is 3. The number of nitrogens with one attached hydrogen (secondary N) is 1. The van der Waals surface area contributed by atoms with Gasteiger partial charge in [0.2, 0.25) is 5.95 Å². The fourth-order valence-corrected chi connectivity index (χ4v) is 1.23. The van der Waals surface area contributed by atoms with Crippen molar-refractivity contribution in [3.63, 3.8) is 0 Å². The first-order valence-corrected chi connectivity index (χ1v) is 4.54. The average molecular weight is 204 g/mol. The molecule has 0 atom stereocenters. The van der Waals surface area contributed by atoms with E-state index in [-0.39, 0.29) is 5.95 Å². The molecule has 0 aliphatic carbocycles. The molecule has 0 radical (unpaired) electrons. The maximum absolute atomic E-state index is 5.45. The van der Waals surface area contributed by atoms with E-state index in [0.29, 0.717) is 12.4 Å². The number of nitrogen functional groups attached to an aromatic ring is 1. The Morgan fingerprint density at radius 3 is 3.07 bits per heavy atom. The van der Waals surface area contributed by atoms with E-state index >= 15 is 0 Å². The first-order chi connectivity index (χ1) is 7.24. The molecule has 0 unspecified atom stereocenters. The van der Waals surface area contributed by atoms with Gasteiger partial charge in [0.25, 0.3) is 0 Å². The largest absolute Gasteiger partial charge is 0.368 e. The monoisotopic (exact) mass is 204 g/mol. The average Bonchev–Trinajstić information content (AvgIpc) is 2.62. The molecule has 0 bridgehead atoms. The van der Waals surface area contributed by atoms with Gasteiger partial charge in [-0.25, -0.2) is 4.98 Å². The minimum absolute atomic E-state index is 0.270. The van der Waals surface area contributed by atoms with Crippen molar-refractivity contribution in [1.82, 2.24) is 19.7 Å². The maximum Gasteiger partial charge on any atom is 0.221 e. The lowest BCUT2D eigenvalue weighted by atomic mass is 10.3. The molecule has 0 amide bonds. The molecular formula is C9H12N6. The highest BCUT2D eigenvalue weighted by molar-refractivity contribution is 5.37. The van der Waals surface area contributed by atoms with E-state index in [1.54, 1.807) is 23.1 Å². The minimum Gasteiger partial charge on any atom is -0.368 e. The lowest BCUT2D eigenvalue weighted by molar-refractivity contribution is 0.767. The van der Waals surface area contributed by atoms with Gasteiger partial charge in [-0.1, -0.05) is 0 Å². The molecule has 78 valence electrons. The first-order valence-electron chi connectivity index (χ1n) is 4.54.